The molecule has 0 N–H and O–H groups in total. The second-order valence-electron chi connectivity index (χ2n) is 5.56. The Morgan fingerprint density at radius 2 is 2.12 bits per heavy atom. The maximum atomic E-state index is 13.0. The summed E-state index contributed by atoms with van der Waals surface area (Å²) in [6.07, 6.45) is 0.0701. The Hall–Kier alpha value is -2.34. The van der Waals surface area contributed by atoms with E-state index in [1.807, 2.05) is 31.2 Å². The Bertz CT molecular complexity index is 783. The van der Waals surface area contributed by atoms with Crippen LogP contribution in [-0.4, -0.2) is 31.6 Å². The van der Waals surface area contributed by atoms with Gasteiger partial charge in [-0.2, -0.15) is 0 Å². The van der Waals surface area contributed by atoms with Gasteiger partial charge in [0.15, 0.2) is 0 Å². The van der Waals surface area contributed by atoms with E-state index in [1.54, 1.807) is 11.0 Å². The predicted molar refractivity (Wildman–Crippen MR) is 93.0 cm³/mol. The molecule has 5 nitrogen and oxygen atoms in total. The van der Waals surface area contributed by atoms with Crippen LogP contribution in [0, 0.1) is 6.92 Å². The minimum Gasteiger partial charge on any atom is -0.475 e. The van der Waals surface area contributed by atoms with Crippen molar-refractivity contribution in [2.75, 3.05) is 18.6 Å². The first-order valence-corrected chi connectivity index (χ1v) is 8.61. The fourth-order valence-corrected chi connectivity index (χ4v) is 3.85. The van der Waals surface area contributed by atoms with Gasteiger partial charge in [0.05, 0.1) is 24.2 Å². The molecule has 126 valence electrons. The smallest absolute Gasteiger partial charge is 0.348 e. The number of rotatable bonds is 3. The van der Waals surface area contributed by atoms with E-state index in [1.165, 1.54) is 24.0 Å². The van der Waals surface area contributed by atoms with E-state index in [2.05, 4.69) is 6.92 Å². The number of para-hydroxylation sites is 2. The maximum absolute atomic E-state index is 13.0. The summed E-state index contributed by atoms with van der Waals surface area (Å²) in [7, 11) is 1.31. The van der Waals surface area contributed by atoms with Crippen molar-refractivity contribution in [1.82, 2.24) is 0 Å². The summed E-state index contributed by atoms with van der Waals surface area (Å²) in [5, 5.41) is 0. The molecule has 0 radical (unpaired) electrons. The third kappa shape index (κ3) is 2.89. The Kier molecular flexibility index (Phi) is 4.57. The van der Waals surface area contributed by atoms with Gasteiger partial charge in [-0.3, -0.25) is 9.69 Å². The van der Waals surface area contributed by atoms with Gasteiger partial charge in [0.1, 0.15) is 5.75 Å². The number of aryl methyl sites for hydroxylation is 2. The molecule has 3 rings (SSSR count). The molecule has 1 aromatic heterocycles. The summed E-state index contributed by atoms with van der Waals surface area (Å²) in [6, 6.07) is 9.17. The lowest BCUT2D eigenvalue weighted by Crippen LogP contribution is -2.47. The van der Waals surface area contributed by atoms with E-state index in [0.29, 0.717) is 16.3 Å². The number of thiophene rings is 1. The molecule has 0 spiro atoms. The highest BCUT2D eigenvalue weighted by Gasteiger charge is 2.35. The van der Waals surface area contributed by atoms with Gasteiger partial charge in [-0.1, -0.05) is 19.1 Å². The molecule has 0 unspecified atom stereocenters. The van der Waals surface area contributed by atoms with Crippen molar-refractivity contribution in [2.24, 2.45) is 0 Å². The average molecular weight is 345 g/mol. The third-order valence-corrected chi connectivity index (χ3v) is 5.18. The number of fused-ring (bicyclic) bond motifs is 1. The van der Waals surface area contributed by atoms with Crippen LogP contribution in [0.4, 0.5) is 5.69 Å². The lowest BCUT2D eigenvalue weighted by molar-refractivity contribution is -0.148. The number of anilines is 1. The number of methoxy groups -OCH3 is 1. The molecule has 0 saturated carbocycles. The monoisotopic (exact) mass is 345 g/mol. The first-order valence-electron chi connectivity index (χ1n) is 7.79. The fraction of sp³-hybridized carbons (Fsp3) is 0.333. The summed E-state index contributed by atoms with van der Waals surface area (Å²) in [5.74, 6) is -0.0946. The van der Waals surface area contributed by atoms with Crippen LogP contribution >= 0.6 is 11.3 Å². The molecule has 0 bridgehead atoms. The van der Waals surface area contributed by atoms with Crippen LogP contribution in [0.5, 0.6) is 5.75 Å². The van der Waals surface area contributed by atoms with Crippen molar-refractivity contribution in [3.05, 3.63) is 45.6 Å². The highest BCUT2D eigenvalue weighted by Crippen LogP contribution is 2.35. The molecule has 0 saturated heterocycles. The number of carbonyl (C=O) groups excluding carboxylic acids is 2. The molecule has 0 fully saturated rings. The molecule has 2 heterocycles. The zero-order valence-corrected chi connectivity index (χ0v) is 14.7. The predicted octanol–water partition coefficient (Wildman–Crippen LogP) is 3.20. The van der Waals surface area contributed by atoms with Crippen LogP contribution < -0.4 is 9.64 Å². The van der Waals surface area contributed by atoms with Gasteiger partial charge in [0, 0.05) is 4.88 Å². The number of nitrogens with zero attached hydrogens (tertiary/aromatic N) is 1. The first kappa shape index (κ1) is 16.5. The second-order valence-corrected chi connectivity index (χ2v) is 6.82. The quantitative estimate of drug-likeness (QED) is 0.802. The topological polar surface area (TPSA) is 55.8 Å². The summed E-state index contributed by atoms with van der Waals surface area (Å²) in [6.45, 7) is 4.23. The van der Waals surface area contributed by atoms with E-state index in [4.69, 9.17) is 9.47 Å². The number of ether oxygens (including phenoxy) is 2. The number of esters is 1. The fourth-order valence-electron chi connectivity index (χ4n) is 2.79. The highest BCUT2D eigenvalue weighted by atomic mass is 32.1. The molecule has 2 aromatic rings. The number of amides is 1. The summed E-state index contributed by atoms with van der Waals surface area (Å²) in [5.41, 5.74) is 1.85. The average Bonchev–Trinajstić information content (AvgIpc) is 3.00. The van der Waals surface area contributed by atoms with Crippen molar-refractivity contribution in [3.8, 4) is 5.75 Å². The van der Waals surface area contributed by atoms with Gasteiger partial charge < -0.3 is 9.47 Å². The molecule has 0 aliphatic carbocycles. The summed E-state index contributed by atoms with van der Waals surface area (Å²) in [4.78, 5) is 28.4. The zero-order valence-electron chi connectivity index (χ0n) is 13.9. The number of hydrogen-bond acceptors (Lipinski definition) is 5. The molecule has 1 amide bonds. The molecule has 1 aromatic carbocycles. The van der Waals surface area contributed by atoms with Crippen LogP contribution in [0.3, 0.4) is 0 Å². The summed E-state index contributed by atoms with van der Waals surface area (Å²) >= 11 is 1.48. The Morgan fingerprint density at radius 3 is 2.79 bits per heavy atom. The Balaban J connectivity index is 1.98. The minimum absolute atomic E-state index is 0.118. The van der Waals surface area contributed by atoms with Gasteiger partial charge >= 0.3 is 5.97 Å². The molecule has 1 atom stereocenters. The van der Waals surface area contributed by atoms with E-state index in [0.717, 1.165) is 11.3 Å². The van der Waals surface area contributed by atoms with Crippen molar-refractivity contribution in [3.63, 3.8) is 0 Å². The van der Waals surface area contributed by atoms with E-state index in [-0.39, 0.29) is 12.5 Å². The van der Waals surface area contributed by atoms with Crippen LogP contribution in [0.1, 0.15) is 27.0 Å². The highest BCUT2D eigenvalue weighted by molar-refractivity contribution is 7.14. The van der Waals surface area contributed by atoms with Gasteiger partial charge in [-0.25, -0.2) is 4.79 Å². The van der Waals surface area contributed by atoms with Crippen LogP contribution in [0.25, 0.3) is 0 Å². The molecule has 6 heteroatoms. The van der Waals surface area contributed by atoms with Crippen molar-refractivity contribution in [2.45, 2.75) is 26.4 Å². The largest absolute Gasteiger partial charge is 0.475 e. The van der Waals surface area contributed by atoms with Crippen molar-refractivity contribution >= 4 is 28.9 Å². The van der Waals surface area contributed by atoms with E-state index < -0.39 is 12.1 Å². The maximum Gasteiger partial charge on any atom is 0.348 e. The first-order chi connectivity index (χ1) is 11.5. The van der Waals surface area contributed by atoms with Gasteiger partial charge in [-0.05, 0) is 37.1 Å². The number of hydrogen-bond donors (Lipinski definition) is 0. The molecule has 1 aliphatic rings. The Labute approximate surface area is 144 Å². The molecule has 1 aliphatic heterocycles. The molecular formula is C18H19NO4S. The Morgan fingerprint density at radius 1 is 1.38 bits per heavy atom. The van der Waals surface area contributed by atoms with Crippen molar-refractivity contribution in [1.29, 1.82) is 0 Å². The van der Waals surface area contributed by atoms with Gasteiger partial charge in [0.2, 0.25) is 6.10 Å². The van der Waals surface area contributed by atoms with Gasteiger partial charge in [0.25, 0.3) is 5.91 Å². The molecular weight excluding hydrogens is 326 g/mol. The van der Waals surface area contributed by atoms with E-state index >= 15 is 0 Å². The second kappa shape index (κ2) is 6.65. The minimum atomic E-state index is -0.819. The SMILES string of the molecule is CCc1cc(C(=O)N2C[C@H](C(=O)OC)Oc3ccccc32)sc1C. The third-order valence-electron chi connectivity index (χ3n) is 4.10. The summed E-state index contributed by atoms with van der Waals surface area (Å²) < 4.78 is 10.5. The normalized spacial score (nSPS) is 16.3. The molecule has 24 heavy (non-hydrogen) atoms. The van der Waals surface area contributed by atoms with Crippen LogP contribution in [0.15, 0.2) is 30.3 Å². The van der Waals surface area contributed by atoms with E-state index in [9.17, 15) is 9.59 Å². The van der Waals surface area contributed by atoms with Crippen LogP contribution in [0.2, 0.25) is 0 Å². The number of benzene rings is 1. The van der Waals surface area contributed by atoms with Crippen LogP contribution in [-0.2, 0) is 16.0 Å². The standard InChI is InChI=1S/C18H19NO4S/c1-4-12-9-16(24-11(12)2)17(20)19-10-15(18(21)22-3)23-14-8-6-5-7-13(14)19/h5-9,15H,4,10H2,1-3H3/t15-/m1/s1. The lowest BCUT2D eigenvalue weighted by Gasteiger charge is -2.33. The zero-order chi connectivity index (χ0) is 17.3. The van der Waals surface area contributed by atoms with Gasteiger partial charge in [-0.15, -0.1) is 11.3 Å². The lowest BCUT2D eigenvalue weighted by atomic mass is 10.1. The van der Waals surface area contributed by atoms with Crippen molar-refractivity contribution < 1.29 is 19.1 Å². The number of carbonyl (C=O) groups is 2.